The van der Waals surface area contributed by atoms with Gasteiger partial charge in [0.15, 0.2) is 5.65 Å². The SMILES string of the molecule is Cc1cc(F)c(NC(=O)N2CC=C(CC(F)(F)F)C2)cc1-c1cc(N2CCOCC2)c2nc(C(F)F)cn2c1. The van der Waals surface area contributed by atoms with Gasteiger partial charge in [-0.1, -0.05) is 6.08 Å². The molecule has 0 unspecified atom stereocenters. The number of aryl methyl sites for hydroxylation is 1. The molecule has 7 nitrogen and oxygen atoms in total. The molecule has 2 aromatic heterocycles. The Bertz CT molecular complexity index is 1430. The summed E-state index contributed by atoms with van der Waals surface area (Å²) in [6.07, 6.45) is -4.08. The number of amides is 2. The van der Waals surface area contributed by atoms with Gasteiger partial charge in [-0.2, -0.15) is 13.2 Å². The van der Waals surface area contributed by atoms with Crippen LogP contribution < -0.4 is 10.2 Å². The number of halogens is 6. The molecule has 0 bridgehead atoms. The van der Waals surface area contributed by atoms with E-state index < -0.39 is 30.9 Å². The Hall–Kier alpha value is -3.74. The van der Waals surface area contributed by atoms with Crippen LogP contribution in [0.25, 0.3) is 16.8 Å². The van der Waals surface area contributed by atoms with Crippen molar-refractivity contribution in [1.82, 2.24) is 14.3 Å². The van der Waals surface area contributed by atoms with Crippen LogP contribution in [-0.2, 0) is 4.74 Å². The van der Waals surface area contributed by atoms with Crippen LogP contribution in [0.3, 0.4) is 0 Å². The van der Waals surface area contributed by atoms with E-state index in [1.807, 2.05) is 4.90 Å². The third kappa shape index (κ3) is 5.82. The largest absolute Gasteiger partial charge is 0.392 e. The molecule has 2 amide bonds. The van der Waals surface area contributed by atoms with Crippen molar-refractivity contribution in [2.75, 3.05) is 49.6 Å². The van der Waals surface area contributed by atoms with Crippen molar-refractivity contribution in [3.05, 3.63) is 59.3 Å². The lowest BCUT2D eigenvalue weighted by Gasteiger charge is -2.29. The van der Waals surface area contributed by atoms with Gasteiger partial charge < -0.3 is 24.3 Å². The molecular formula is C26H25F6N5O2. The number of urea groups is 1. The van der Waals surface area contributed by atoms with E-state index in [0.717, 1.165) is 4.90 Å². The van der Waals surface area contributed by atoms with Crippen LogP contribution in [0.15, 0.2) is 42.2 Å². The number of morpholine rings is 1. The number of aromatic nitrogens is 2. The first-order valence-electron chi connectivity index (χ1n) is 12.2. The molecule has 1 N–H and O–H groups in total. The van der Waals surface area contributed by atoms with Crippen LogP contribution in [0.2, 0.25) is 0 Å². The molecule has 5 rings (SSSR count). The van der Waals surface area contributed by atoms with E-state index in [4.69, 9.17) is 4.74 Å². The second kappa shape index (κ2) is 10.4. The lowest BCUT2D eigenvalue weighted by molar-refractivity contribution is -0.127. The summed E-state index contributed by atoms with van der Waals surface area (Å²) in [6, 6.07) is 3.71. The number of alkyl halides is 5. The summed E-state index contributed by atoms with van der Waals surface area (Å²) in [7, 11) is 0. The Kier molecular flexibility index (Phi) is 7.19. The van der Waals surface area contributed by atoms with Gasteiger partial charge >= 0.3 is 12.2 Å². The van der Waals surface area contributed by atoms with E-state index in [2.05, 4.69) is 10.3 Å². The summed E-state index contributed by atoms with van der Waals surface area (Å²) in [5, 5.41) is 2.46. The molecule has 208 valence electrons. The van der Waals surface area contributed by atoms with Gasteiger partial charge in [-0.3, -0.25) is 0 Å². The number of fused-ring (bicyclic) bond motifs is 1. The maximum absolute atomic E-state index is 14.9. The van der Waals surface area contributed by atoms with Crippen LogP contribution in [0.5, 0.6) is 0 Å². The number of carbonyl (C=O) groups is 1. The van der Waals surface area contributed by atoms with Crippen molar-refractivity contribution in [2.24, 2.45) is 0 Å². The van der Waals surface area contributed by atoms with Gasteiger partial charge in [0, 0.05) is 44.1 Å². The fraction of sp³-hybridized carbons (Fsp3) is 0.385. The average Bonchev–Trinajstić information content (AvgIpc) is 3.52. The maximum atomic E-state index is 14.9. The molecular weight excluding hydrogens is 528 g/mol. The topological polar surface area (TPSA) is 62.1 Å². The van der Waals surface area contributed by atoms with Gasteiger partial charge in [-0.25, -0.2) is 22.9 Å². The van der Waals surface area contributed by atoms with Gasteiger partial charge in [0.25, 0.3) is 6.43 Å². The molecule has 13 heteroatoms. The molecule has 2 aliphatic heterocycles. The summed E-state index contributed by atoms with van der Waals surface area (Å²) in [5.41, 5.74) is 2.12. The number of nitrogens with zero attached hydrogens (tertiary/aromatic N) is 4. The number of hydrogen-bond donors (Lipinski definition) is 1. The van der Waals surface area contributed by atoms with Gasteiger partial charge in [-0.05, 0) is 41.8 Å². The molecule has 0 atom stereocenters. The molecule has 2 aliphatic rings. The highest BCUT2D eigenvalue weighted by Gasteiger charge is 2.32. The summed E-state index contributed by atoms with van der Waals surface area (Å²) in [5.74, 6) is -0.718. The van der Waals surface area contributed by atoms with Crippen LogP contribution in [-0.4, -0.2) is 65.9 Å². The maximum Gasteiger partial charge on any atom is 0.392 e. The number of pyridine rings is 1. The normalized spacial score (nSPS) is 16.4. The Morgan fingerprint density at radius 3 is 2.59 bits per heavy atom. The number of ether oxygens (including phenoxy) is 1. The molecule has 0 aliphatic carbocycles. The highest BCUT2D eigenvalue weighted by atomic mass is 19.4. The summed E-state index contributed by atoms with van der Waals surface area (Å²) in [4.78, 5) is 20.0. The standard InChI is InChI=1S/C26H25F6N5O2/c1-15-8-19(27)20(34-25(38)36-3-2-16(12-36)11-26(30,31)32)10-18(15)17-9-22(35-4-6-39-7-5-35)24-33-21(23(28)29)14-37(24)13-17/h2,8-10,13-14,23H,3-7,11-12H2,1H3,(H,34,38). The monoisotopic (exact) mass is 553 g/mol. The molecule has 0 spiro atoms. The van der Waals surface area contributed by atoms with Crippen molar-refractivity contribution in [2.45, 2.75) is 25.9 Å². The minimum absolute atomic E-state index is 0.0236. The molecule has 1 fully saturated rings. The van der Waals surface area contributed by atoms with Gasteiger partial charge in [0.05, 0.1) is 31.0 Å². The molecule has 0 radical (unpaired) electrons. The predicted octanol–water partition coefficient (Wildman–Crippen LogP) is 5.95. The average molecular weight is 554 g/mol. The minimum atomic E-state index is -4.39. The number of imidazole rings is 1. The predicted molar refractivity (Wildman–Crippen MR) is 133 cm³/mol. The van der Waals surface area contributed by atoms with Crippen molar-refractivity contribution >= 4 is 23.1 Å². The smallest absolute Gasteiger partial charge is 0.378 e. The third-order valence-electron chi connectivity index (χ3n) is 6.70. The summed E-state index contributed by atoms with van der Waals surface area (Å²) >= 11 is 0. The van der Waals surface area contributed by atoms with Crippen LogP contribution in [0.4, 0.5) is 42.5 Å². The molecule has 1 saturated heterocycles. The zero-order chi connectivity index (χ0) is 27.9. The van der Waals surface area contributed by atoms with E-state index in [1.54, 1.807) is 19.2 Å². The first-order valence-corrected chi connectivity index (χ1v) is 12.2. The number of rotatable bonds is 5. The van der Waals surface area contributed by atoms with Gasteiger partial charge in [0.1, 0.15) is 11.5 Å². The van der Waals surface area contributed by atoms with E-state index in [0.29, 0.717) is 54.3 Å². The number of carbonyl (C=O) groups excluding carboxylic acids is 1. The molecule has 39 heavy (non-hydrogen) atoms. The zero-order valence-corrected chi connectivity index (χ0v) is 20.9. The van der Waals surface area contributed by atoms with Crippen molar-refractivity contribution in [1.29, 1.82) is 0 Å². The van der Waals surface area contributed by atoms with Crippen LogP contribution >= 0.6 is 0 Å². The molecule has 3 aromatic rings. The van der Waals surface area contributed by atoms with Crippen molar-refractivity contribution in [3.63, 3.8) is 0 Å². The van der Waals surface area contributed by atoms with E-state index in [-0.39, 0.29) is 30.0 Å². The van der Waals surface area contributed by atoms with Crippen molar-refractivity contribution < 1.29 is 35.9 Å². The van der Waals surface area contributed by atoms with E-state index in [1.165, 1.54) is 28.8 Å². The first-order chi connectivity index (χ1) is 18.5. The fourth-order valence-corrected chi connectivity index (χ4v) is 4.82. The number of benzene rings is 1. The molecule has 4 heterocycles. The van der Waals surface area contributed by atoms with Crippen LogP contribution in [0.1, 0.15) is 24.1 Å². The van der Waals surface area contributed by atoms with E-state index in [9.17, 15) is 31.1 Å². The van der Waals surface area contributed by atoms with Crippen molar-refractivity contribution in [3.8, 4) is 11.1 Å². The highest BCUT2D eigenvalue weighted by molar-refractivity contribution is 5.91. The highest BCUT2D eigenvalue weighted by Crippen LogP contribution is 2.35. The van der Waals surface area contributed by atoms with Gasteiger partial charge in [0.2, 0.25) is 0 Å². The number of hydrogen-bond acceptors (Lipinski definition) is 4. The Morgan fingerprint density at radius 2 is 1.90 bits per heavy atom. The van der Waals surface area contributed by atoms with Gasteiger partial charge in [-0.15, -0.1) is 0 Å². The lowest BCUT2D eigenvalue weighted by Crippen LogP contribution is -2.36. The minimum Gasteiger partial charge on any atom is -0.378 e. The van der Waals surface area contributed by atoms with Crippen LogP contribution in [0, 0.1) is 12.7 Å². The third-order valence-corrected chi connectivity index (χ3v) is 6.70. The number of nitrogens with one attached hydrogen (secondary N) is 1. The Balaban J connectivity index is 1.46. The quantitative estimate of drug-likeness (QED) is 0.314. The fourth-order valence-electron chi connectivity index (χ4n) is 4.82. The Morgan fingerprint density at radius 1 is 1.15 bits per heavy atom. The first kappa shape index (κ1) is 26.9. The second-order valence-corrected chi connectivity index (χ2v) is 9.52. The summed E-state index contributed by atoms with van der Waals surface area (Å²) in [6.45, 7) is 3.42. The summed E-state index contributed by atoms with van der Waals surface area (Å²) < 4.78 is 86.8. The molecule has 0 saturated carbocycles. The lowest BCUT2D eigenvalue weighted by atomic mass is 10.00. The zero-order valence-electron chi connectivity index (χ0n) is 20.9. The van der Waals surface area contributed by atoms with E-state index >= 15 is 0 Å². The molecule has 1 aromatic carbocycles. The number of anilines is 2. The second-order valence-electron chi connectivity index (χ2n) is 9.52. The Labute approximate surface area is 219 Å².